The number of nitrogens with zero attached hydrogens (tertiary/aromatic N) is 3. The fourth-order valence-electron chi connectivity index (χ4n) is 5.67. The van der Waals surface area contributed by atoms with Crippen molar-refractivity contribution in [1.29, 1.82) is 5.26 Å². The molecule has 3 fully saturated rings. The Balaban J connectivity index is 1.75. The fourth-order valence-corrected chi connectivity index (χ4v) is 5.67. The molecule has 0 N–H and O–H groups in total. The summed E-state index contributed by atoms with van der Waals surface area (Å²) in [6.45, 7) is 6.97. The number of esters is 1. The molecule has 2 amide bonds. The topological polar surface area (TPSA) is 99.9 Å². The van der Waals surface area contributed by atoms with Gasteiger partial charge in [0.1, 0.15) is 5.54 Å². The van der Waals surface area contributed by atoms with E-state index >= 15 is 0 Å². The van der Waals surface area contributed by atoms with E-state index < -0.39 is 63.7 Å². The van der Waals surface area contributed by atoms with Crippen LogP contribution in [0, 0.1) is 23.2 Å². The number of anilines is 1. The maximum atomic E-state index is 13.5. The van der Waals surface area contributed by atoms with Crippen molar-refractivity contribution in [2.45, 2.75) is 50.6 Å². The summed E-state index contributed by atoms with van der Waals surface area (Å²) in [6.07, 6.45) is -4.83. The van der Waals surface area contributed by atoms with Gasteiger partial charge in [-0.25, -0.2) is 4.90 Å². The van der Waals surface area contributed by atoms with E-state index in [4.69, 9.17) is 14.7 Å². The molecule has 4 atom stereocenters. The molecule has 0 aromatic heterocycles. The van der Waals surface area contributed by atoms with Gasteiger partial charge in [0.2, 0.25) is 11.8 Å². The van der Waals surface area contributed by atoms with Crippen molar-refractivity contribution in [3.8, 4) is 6.07 Å². The van der Waals surface area contributed by atoms with Gasteiger partial charge in [0.25, 0.3) is 0 Å². The van der Waals surface area contributed by atoms with Crippen LogP contribution >= 0.6 is 0 Å². The molecule has 0 radical (unpaired) electrons. The van der Waals surface area contributed by atoms with E-state index in [0.29, 0.717) is 6.07 Å². The van der Waals surface area contributed by atoms with Crippen LogP contribution in [0.3, 0.4) is 0 Å². The minimum atomic E-state index is -4.83. The summed E-state index contributed by atoms with van der Waals surface area (Å²) >= 11 is 0. The minimum absolute atomic E-state index is 0.139. The van der Waals surface area contributed by atoms with Gasteiger partial charge in [-0.1, -0.05) is 0 Å². The lowest BCUT2D eigenvalue weighted by Crippen LogP contribution is -2.65. The first-order chi connectivity index (χ1) is 15.6. The molecule has 3 aliphatic heterocycles. The van der Waals surface area contributed by atoms with Gasteiger partial charge in [-0.3, -0.25) is 19.3 Å². The van der Waals surface area contributed by atoms with E-state index in [9.17, 15) is 27.6 Å². The zero-order chi connectivity index (χ0) is 25.4. The number of hydrogen-bond donors (Lipinski definition) is 0. The van der Waals surface area contributed by atoms with Crippen molar-refractivity contribution in [2.75, 3.05) is 25.1 Å². The third-order valence-corrected chi connectivity index (χ3v) is 7.26. The maximum absolute atomic E-state index is 13.5. The first kappa shape index (κ1) is 24.2. The highest BCUT2D eigenvalue weighted by Gasteiger charge is 2.72. The molecule has 3 aliphatic rings. The van der Waals surface area contributed by atoms with Crippen LogP contribution in [0.4, 0.5) is 18.9 Å². The van der Waals surface area contributed by atoms with Crippen molar-refractivity contribution >= 4 is 23.5 Å². The number of carbonyl (C=O) groups is 3. The van der Waals surface area contributed by atoms with Crippen LogP contribution in [0.25, 0.3) is 0 Å². The second-order valence-corrected chi connectivity index (χ2v) is 9.94. The van der Waals surface area contributed by atoms with Crippen LogP contribution in [0.2, 0.25) is 0 Å². The van der Waals surface area contributed by atoms with Gasteiger partial charge in [-0.15, -0.1) is 0 Å². The van der Waals surface area contributed by atoms with Crippen LogP contribution in [0.5, 0.6) is 0 Å². The number of morpholine rings is 1. The van der Waals surface area contributed by atoms with E-state index in [1.807, 2.05) is 4.90 Å². The van der Waals surface area contributed by atoms with Gasteiger partial charge in [-0.2, -0.15) is 18.4 Å². The Morgan fingerprint density at radius 1 is 1.15 bits per heavy atom. The van der Waals surface area contributed by atoms with Crippen molar-refractivity contribution < 1.29 is 37.0 Å². The average Bonchev–Trinajstić information content (AvgIpc) is 3.11. The number of ether oxygens (including phenoxy) is 2. The summed E-state index contributed by atoms with van der Waals surface area (Å²) in [6, 6.07) is 4.26. The molecule has 0 aliphatic carbocycles. The van der Waals surface area contributed by atoms with Gasteiger partial charge in [0, 0.05) is 13.1 Å². The molecule has 1 aromatic rings. The highest BCUT2D eigenvalue weighted by Crippen LogP contribution is 2.56. The SMILES string of the molecule is COC(=O)C(C)(C)N1CC2(C)OC(C)(C1)C1C(=O)N(c3ccc(C#N)c(C(F)(F)F)c3)C(=O)C12. The third kappa shape index (κ3) is 3.23. The monoisotopic (exact) mass is 479 g/mol. The Morgan fingerprint density at radius 3 is 2.12 bits per heavy atom. The first-order valence-electron chi connectivity index (χ1n) is 10.6. The summed E-state index contributed by atoms with van der Waals surface area (Å²) in [4.78, 5) is 42.0. The predicted octanol–water partition coefficient (Wildman–Crippen LogP) is 2.50. The number of halogens is 3. The molecule has 8 nitrogen and oxygen atoms in total. The van der Waals surface area contributed by atoms with E-state index in [0.717, 1.165) is 11.0 Å². The molecule has 2 bridgehead atoms. The predicted molar refractivity (Wildman–Crippen MR) is 111 cm³/mol. The molecular formula is C23H24F3N3O5. The van der Waals surface area contributed by atoms with Crippen LogP contribution in [0.1, 0.15) is 38.8 Å². The number of benzene rings is 1. The number of hydrogen-bond acceptors (Lipinski definition) is 7. The highest BCUT2D eigenvalue weighted by molar-refractivity contribution is 6.23. The number of imide groups is 1. The lowest BCUT2D eigenvalue weighted by Gasteiger charge is -2.49. The molecule has 4 unspecified atom stereocenters. The van der Waals surface area contributed by atoms with E-state index in [1.54, 1.807) is 27.7 Å². The molecule has 0 saturated carbocycles. The van der Waals surface area contributed by atoms with E-state index in [1.165, 1.54) is 19.2 Å². The number of alkyl halides is 3. The smallest absolute Gasteiger partial charge is 0.417 e. The lowest BCUT2D eigenvalue weighted by atomic mass is 9.79. The quantitative estimate of drug-likeness (QED) is 0.485. The summed E-state index contributed by atoms with van der Waals surface area (Å²) in [5, 5.41) is 9.05. The Morgan fingerprint density at radius 2 is 1.68 bits per heavy atom. The van der Waals surface area contributed by atoms with Crippen molar-refractivity contribution in [3.05, 3.63) is 29.3 Å². The molecule has 11 heteroatoms. The zero-order valence-electron chi connectivity index (χ0n) is 19.3. The van der Waals surface area contributed by atoms with Crippen LogP contribution in [-0.2, 0) is 30.0 Å². The zero-order valence-corrected chi connectivity index (χ0v) is 19.3. The first-order valence-corrected chi connectivity index (χ1v) is 10.6. The van der Waals surface area contributed by atoms with Gasteiger partial charge in [0.15, 0.2) is 0 Å². The second kappa shape index (κ2) is 7.26. The van der Waals surface area contributed by atoms with Crippen LogP contribution in [0.15, 0.2) is 18.2 Å². The molecule has 0 spiro atoms. The standard InChI is InChI=1S/C23H24F3N3O5/c1-20(2,19(32)33-5)28-10-21(3)15-16(22(4,11-28)34-21)18(31)29(17(15)30)13-7-6-12(9-27)14(8-13)23(24,25)26/h6-8,15-16H,10-11H2,1-5H3. The van der Waals surface area contributed by atoms with Gasteiger partial charge in [0.05, 0.1) is 53.0 Å². The number of rotatable bonds is 3. The maximum Gasteiger partial charge on any atom is 0.417 e. The number of nitriles is 1. The molecule has 34 heavy (non-hydrogen) atoms. The summed E-state index contributed by atoms with van der Waals surface area (Å²) in [5.41, 5.74) is -5.44. The number of carbonyl (C=O) groups excluding carboxylic acids is 3. The normalized spacial score (nSPS) is 31.4. The average molecular weight is 479 g/mol. The molecule has 3 heterocycles. The van der Waals surface area contributed by atoms with Crippen LogP contribution < -0.4 is 4.90 Å². The number of likely N-dealkylation sites (tertiary alicyclic amines) is 1. The van der Waals surface area contributed by atoms with Gasteiger partial charge >= 0.3 is 12.1 Å². The molecule has 1 aromatic carbocycles. The number of methoxy groups -OCH3 is 1. The van der Waals surface area contributed by atoms with E-state index in [2.05, 4.69) is 0 Å². The Bertz CT molecular complexity index is 1110. The van der Waals surface area contributed by atoms with Crippen molar-refractivity contribution in [2.24, 2.45) is 11.8 Å². The Hall–Kier alpha value is -2.97. The Labute approximate surface area is 194 Å². The minimum Gasteiger partial charge on any atom is -0.468 e. The summed E-state index contributed by atoms with van der Waals surface area (Å²) in [7, 11) is 1.27. The second-order valence-electron chi connectivity index (χ2n) is 9.94. The van der Waals surface area contributed by atoms with E-state index in [-0.39, 0.29) is 18.8 Å². The van der Waals surface area contributed by atoms with Gasteiger partial charge in [-0.05, 0) is 45.9 Å². The summed E-state index contributed by atoms with van der Waals surface area (Å²) in [5.74, 6) is -3.72. The summed E-state index contributed by atoms with van der Waals surface area (Å²) < 4.78 is 51.6. The number of amides is 2. The number of fused-ring (bicyclic) bond motifs is 5. The lowest BCUT2D eigenvalue weighted by molar-refractivity contribution is -0.191. The largest absolute Gasteiger partial charge is 0.468 e. The molecule has 4 rings (SSSR count). The fraction of sp³-hybridized carbons (Fsp3) is 0.565. The van der Waals surface area contributed by atoms with Crippen LogP contribution in [-0.4, -0.2) is 59.6 Å². The van der Waals surface area contributed by atoms with Crippen molar-refractivity contribution in [3.63, 3.8) is 0 Å². The molecular weight excluding hydrogens is 455 g/mol. The highest BCUT2D eigenvalue weighted by atomic mass is 19.4. The third-order valence-electron chi connectivity index (χ3n) is 7.26. The van der Waals surface area contributed by atoms with Gasteiger partial charge < -0.3 is 9.47 Å². The van der Waals surface area contributed by atoms with Crippen molar-refractivity contribution in [1.82, 2.24) is 4.90 Å². The Kier molecular flexibility index (Phi) is 5.16. The molecule has 3 saturated heterocycles. The molecule has 182 valence electrons.